The molecule has 0 unspecified atom stereocenters. The minimum absolute atomic E-state index is 0.0473. The van der Waals surface area contributed by atoms with E-state index in [1.807, 2.05) is 60.7 Å². The van der Waals surface area contributed by atoms with Crippen LogP contribution in [0.15, 0.2) is 88.1 Å². The van der Waals surface area contributed by atoms with E-state index in [0.717, 1.165) is 11.1 Å². The Morgan fingerprint density at radius 3 is 2.08 bits per heavy atom. The van der Waals surface area contributed by atoms with Crippen molar-refractivity contribution in [1.82, 2.24) is 0 Å². The van der Waals surface area contributed by atoms with Gasteiger partial charge < -0.3 is 9.15 Å². The highest BCUT2D eigenvalue weighted by molar-refractivity contribution is 5.89. The molecule has 0 aliphatic rings. The van der Waals surface area contributed by atoms with Crippen LogP contribution in [0.1, 0.15) is 0 Å². The first-order chi connectivity index (χ1) is 12.3. The fraction of sp³-hybridized carbons (Fsp3) is 0.0455. The highest BCUT2D eigenvalue weighted by atomic mass is 16.5. The molecule has 3 nitrogen and oxygen atoms in total. The number of rotatable bonds is 3. The Kier molecular flexibility index (Phi) is 3.82. The van der Waals surface area contributed by atoms with Gasteiger partial charge in [0, 0.05) is 11.6 Å². The van der Waals surface area contributed by atoms with Crippen LogP contribution in [0.4, 0.5) is 0 Å². The summed E-state index contributed by atoms with van der Waals surface area (Å²) >= 11 is 0. The summed E-state index contributed by atoms with van der Waals surface area (Å²) in [6, 6.07) is 24.6. The Bertz CT molecular complexity index is 1080. The van der Waals surface area contributed by atoms with Gasteiger partial charge in [0.25, 0.3) is 0 Å². The van der Waals surface area contributed by atoms with Gasteiger partial charge in [-0.25, -0.2) is 0 Å². The topological polar surface area (TPSA) is 39.4 Å². The maximum atomic E-state index is 13.2. The summed E-state index contributed by atoms with van der Waals surface area (Å²) in [4.78, 5) is 13.2. The molecule has 0 saturated carbocycles. The summed E-state index contributed by atoms with van der Waals surface area (Å²) in [5.41, 5.74) is 2.75. The summed E-state index contributed by atoms with van der Waals surface area (Å²) in [6.07, 6.45) is 0. The van der Waals surface area contributed by atoms with Gasteiger partial charge >= 0.3 is 0 Å². The van der Waals surface area contributed by atoms with E-state index in [0.29, 0.717) is 28.0 Å². The molecule has 0 amide bonds. The zero-order chi connectivity index (χ0) is 17.2. The highest BCUT2D eigenvalue weighted by Gasteiger charge is 2.17. The maximum absolute atomic E-state index is 13.2. The van der Waals surface area contributed by atoms with E-state index >= 15 is 0 Å². The van der Waals surface area contributed by atoms with E-state index in [1.54, 1.807) is 25.3 Å². The summed E-state index contributed by atoms with van der Waals surface area (Å²) in [5, 5.41) is 0.541. The molecule has 3 aromatic carbocycles. The van der Waals surface area contributed by atoms with Gasteiger partial charge in [0.15, 0.2) is 0 Å². The molecular formula is C22H16O3. The van der Waals surface area contributed by atoms with Crippen LogP contribution in [0.25, 0.3) is 33.4 Å². The Labute approximate surface area is 145 Å². The van der Waals surface area contributed by atoms with Crippen LogP contribution >= 0.6 is 0 Å². The molecule has 0 fully saturated rings. The van der Waals surface area contributed by atoms with Gasteiger partial charge in [-0.05, 0) is 17.7 Å². The van der Waals surface area contributed by atoms with Gasteiger partial charge in [-0.15, -0.1) is 0 Å². The molecule has 0 bridgehead atoms. The van der Waals surface area contributed by atoms with Crippen LogP contribution in [-0.4, -0.2) is 7.11 Å². The Morgan fingerprint density at radius 1 is 0.800 bits per heavy atom. The highest BCUT2D eigenvalue weighted by Crippen LogP contribution is 2.33. The van der Waals surface area contributed by atoms with Crippen LogP contribution in [0.5, 0.6) is 5.75 Å². The standard InChI is InChI=1S/C22H16O3/c1-24-17-12-13-18-19(14-17)25-22(16-10-6-3-7-11-16)20(21(18)23)15-8-4-2-5-9-15/h2-14H,1H3. The molecule has 0 spiro atoms. The van der Waals surface area contributed by atoms with Crippen molar-refractivity contribution in [3.63, 3.8) is 0 Å². The molecule has 0 aliphatic carbocycles. The largest absolute Gasteiger partial charge is 0.497 e. The molecule has 3 heteroatoms. The normalized spacial score (nSPS) is 10.8. The average molecular weight is 328 g/mol. The molecule has 0 saturated heterocycles. The van der Waals surface area contributed by atoms with Gasteiger partial charge in [0.1, 0.15) is 17.1 Å². The van der Waals surface area contributed by atoms with Gasteiger partial charge in [-0.2, -0.15) is 0 Å². The lowest BCUT2D eigenvalue weighted by atomic mass is 9.98. The molecule has 122 valence electrons. The van der Waals surface area contributed by atoms with Crippen molar-refractivity contribution in [3.05, 3.63) is 89.1 Å². The molecule has 1 aromatic heterocycles. The fourth-order valence-electron chi connectivity index (χ4n) is 2.96. The van der Waals surface area contributed by atoms with Crippen LogP contribution in [-0.2, 0) is 0 Å². The van der Waals surface area contributed by atoms with Crippen molar-refractivity contribution >= 4 is 11.0 Å². The van der Waals surface area contributed by atoms with Crippen LogP contribution < -0.4 is 10.2 Å². The average Bonchev–Trinajstić information content (AvgIpc) is 2.68. The zero-order valence-corrected chi connectivity index (χ0v) is 13.7. The lowest BCUT2D eigenvalue weighted by Gasteiger charge is -2.11. The SMILES string of the molecule is COc1ccc2c(=O)c(-c3ccccc3)c(-c3ccccc3)oc2c1. The first-order valence-electron chi connectivity index (χ1n) is 8.03. The minimum Gasteiger partial charge on any atom is -0.497 e. The fourth-order valence-corrected chi connectivity index (χ4v) is 2.96. The van der Waals surface area contributed by atoms with E-state index in [2.05, 4.69) is 0 Å². The quantitative estimate of drug-likeness (QED) is 0.523. The zero-order valence-electron chi connectivity index (χ0n) is 13.7. The molecular weight excluding hydrogens is 312 g/mol. The van der Waals surface area contributed by atoms with E-state index in [9.17, 15) is 4.79 Å². The lowest BCUT2D eigenvalue weighted by Crippen LogP contribution is -2.07. The number of methoxy groups -OCH3 is 1. The minimum atomic E-state index is -0.0473. The van der Waals surface area contributed by atoms with E-state index < -0.39 is 0 Å². The third kappa shape index (κ3) is 2.70. The second-order valence-electron chi connectivity index (χ2n) is 5.73. The van der Waals surface area contributed by atoms with E-state index in [1.165, 1.54) is 0 Å². The number of hydrogen-bond acceptors (Lipinski definition) is 3. The summed E-state index contributed by atoms with van der Waals surface area (Å²) < 4.78 is 11.4. The summed E-state index contributed by atoms with van der Waals surface area (Å²) in [6.45, 7) is 0. The summed E-state index contributed by atoms with van der Waals surface area (Å²) in [5.74, 6) is 1.22. The molecule has 0 atom stereocenters. The van der Waals surface area contributed by atoms with Gasteiger partial charge in [0.05, 0.1) is 18.1 Å². The molecule has 1 heterocycles. The Balaban J connectivity index is 2.11. The number of ether oxygens (including phenoxy) is 1. The predicted octanol–water partition coefficient (Wildman–Crippen LogP) is 5.14. The van der Waals surface area contributed by atoms with Crippen molar-refractivity contribution < 1.29 is 9.15 Å². The van der Waals surface area contributed by atoms with Gasteiger partial charge in [-0.3, -0.25) is 4.79 Å². The van der Waals surface area contributed by atoms with Crippen LogP contribution in [0, 0.1) is 0 Å². The predicted molar refractivity (Wildman–Crippen MR) is 99.9 cm³/mol. The molecule has 0 aliphatic heterocycles. The third-order valence-corrected chi connectivity index (χ3v) is 4.20. The smallest absolute Gasteiger partial charge is 0.201 e. The second kappa shape index (κ2) is 6.29. The van der Waals surface area contributed by atoms with Gasteiger partial charge in [-0.1, -0.05) is 60.7 Å². The van der Waals surface area contributed by atoms with E-state index in [-0.39, 0.29) is 5.43 Å². The van der Waals surface area contributed by atoms with Gasteiger partial charge in [0.2, 0.25) is 5.43 Å². The maximum Gasteiger partial charge on any atom is 0.201 e. The van der Waals surface area contributed by atoms with Crippen molar-refractivity contribution in [2.75, 3.05) is 7.11 Å². The number of hydrogen-bond donors (Lipinski definition) is 0. The van der Waals surface area contributed by atoms with E-state index in [4.69, 9.17) is 9.15 Å². The number of benzene rings is 3. The van der Waals surface area contributed by atoms with Crippen molar-refractivity contribution in [3.8, 4) is 28.2 Å². The summed E-state index contributed by atoms with van der Waals surface area (Å²) in [7, 11) is 1.59. The van der Waals surface area contributed by atoms with Crippen molar-refractivity contribution in [2.45, 2.75) is 0 Å². The van der Waals surface area contributed by atoms with Crippen molar-refractivity contribution in [1.29, 1.82) is 0 Å². The molecule has 4 rings (SSSR count). The van der Waals surface area contributed by atoms with Crippen LogP contribution in [0.3, 0.4) is 0 Å². The number of fused-ring (bicyclic) bond motifs is 1. The first kappa shape index (κ1) is 15.2. The second-order valence-corrected chi connectivity index (χ2v) is 5.73. The monoisotopic (exact) mass is 328 g/mol. The Hall–Kier alpha value is -3.33. The first-order valence-corrected chi connectivity index (χ1v) is 8.03. The Morgan fingerprint density at radius 2 is 1.44 bits per heavy atom. The molecule has 0 radical (unpaired) electrons. The van der Waals surface area contributed by atoms with Crippen LogP contribution in [0.2, 0.25) is 0 Å². The molecule has 25 heavy (non-hydrogen) atoms. The lowest BCUT2D eigenvalue weighted by molar-refractivity contribution is 0.414. The third-order valence-electron chi connectivity index (χ3n) is 4.20. The molecule has 4 aromatic rings. The molecule has 0 N–H and O–H groups in total. The van der Waals surface area contributed by atoms with Crippen molar-refractivity contribution in [2.24, 2.45) is 0 Å².